The minimum absolute atomic E-state index is 0.0218. The van der Waals surface area contributed by atoms with Gasteiger partial charge in [0.15, 0.2) is 0 Å². The second-order valence-electron chi connectivity index (χ2n) is 6.12. The summed E-state index contributed by atoms with van der Waals surface area (Å²) in [4.78, 5) is 11.8. The average molecular weight is 254 g/mol. The monoisotopic (exact) mass is 254 g/mol. The molecular weight excluding hydrogens is 224 g/mol. The first-order valence-electron chi connectivity index (χ1n) is 7.57. The van der Waals surface area contributed by atoms with Gasteiger partial charge in [-0.25, -0.2) is 0 Å². The molecular formula is C15H30N2O. The highest BCUT2D eigenvalue weighted by Crippen LogP contribution is 2.29. The fourth-order valence-corrected chi connectivity index (χ4v) is 2.65. The highest BCUT2D eigenvalue weighted by atomic mass is 16.2. The second-order valence-corrected chi connectivity index (χ2v) is 6.12. The molecule has 0 radical (unpaired) electrons. The molecule has 0 aliphatic heterocycles. The smallest absolute Gasteiger partial charge is 0.237 e. The molecule has 1 fully saturated rings. The average Bonchev–Trinajstić information content (AvgIpc) is 2.39. The Morgan fingerprint density at radius 3 is 2.50 bits per heavy atom. The van der Waals surface area contributed by atoms with Gasteiger partial charge < -0.3 is 11.1 Å². The van der Waals surface area contributed by atoms with E-state index >= 15 is 0 Å². The summed E-state index contributed by atoms with van der Waals surface area (Å²) in [6.45, 7) is 7.24. The number of nitrogens with two attached hydrogens (primary N) is 1. The van der Waals surface area contributed by atoms with Gasteiger partial charge in [0.25, 0.3) is 0 Å². The van der Waals surface area contributed by atoms with Gasteiger partial charge in [-0.15, -0.1) is 0 Å². The van der Waals surface area contributed by atoms with Crippen LogP contribution in [-0.2, 0) is 4.79 Å². The predicted molar refractivity (Wildman–Crippen MR) is 76.2 cm³/mol. The fourth-order valence-electron chi connectivity index (χ4n) is 2.65. The van der Waals surface area contributed by atoms with Crippen LogP contribution in [0.4, 0.5) is 0 Å². The minimum Gasteiger partial charge on any atom is -0.355 e. The van der Waals surface area contributed by atoms with Gasteiger partial charge in [0.05, 0.1) is 6.04 Å². The number of carbonyl (C=O) groups is 1. The number of amides is 1. The number of hydrogen-bond donors (Lipinski definition) is 2. The predicted octanol–water partition coefficient (Wildman–Crippen LogP) is 2.69. The van der Waals surface area contributed by atoms with Crippen LogP contribution in [0.3, 0.4) is 0 Å². The molecule has 1 amide bonds. The summed E-state index contributed by atoms with van der Waals surface area (Å²) in [7, 11) is 0. The topological polar surface area (TPSA) is 55.1 Å². The number of hydrogen-bond acceptors (Lipinski definition) is 2. The Balaban J connectivity index is 2.15. The van der Waals surface area contributed by atoms with Crippen LogP contribution < -0.4 is 11.1 Å². The maximum atomic E-state index is 11.8. The zero-order valence-corrected chi connectivity index (χ0v) is 12.2. The minimum atomic E-state index is -0.346. The number of rotatable bonds is 6. The van der Waals surface area contributed by atoms with Gasteiger partial charge in [-0.3, -0.25) is 4.79 Å². The molecule has 0 aromatic rings. The Kier molecular flexibility index (Phi) is 6.69. The third kappa shape index (κ3) is 4.97. The highest BCUT2D eigenvalue weighted by Gasteiger charge is 2.20. The van der Waals surface area contributed by atoms with Gasteiger partial charge >= 0.3 is 0 Å². The van der Waals surface area contributed by atoms with Crippen molar-refractivity contribution in [2.75, 3.05) is 6.54 Å². The molecule has 0 bridgehead atoms. The van der Waals surface area contributed by atoms with Gasteiger partial charge in [0.1, 0.15) is 0 Å². The summed E-state index contributed by atoms with van der Waals surface area (Å²) in [5, 5.41) is 2.99. The molecule has 0 saturated heterocycles. The van der Waals surface area contributed by atoms with Crippen LogP contribution in [-0.4, -0.2) is 18.5 Å². The maximum Gasteiger partial charge on any atom is 0.237 e. The molecule has 18 heavy (non-hydrogen) atoms. The van der Waals surface area contributed by atoms with Gasteiger partial charge in [0, 0.05) is 6.54 Å². The third-order valence-electron chi connectivity index (χ3n) is 4.55. The molecule has 0 aromatic carbocycles. The van der Waals surface area contributed by atoms with Crippen LogP contribution in [0.15, 0.2) is 0 Å². The quantitative estimate of drug-likeness (QED) is 0.765. The van der Waals surface area contributed by atoms with Crippen molar-refractivity contribution in [1.29, 1.82) is 0 Å². The van der Waals surface area contributed by atoms with Crippen molar-refractivity contribution in [3.8, 4) is 0 Å². The van der Waals surface area contributed by atoms with E-state index in [9.17, 15) is 4.79 Å². The Morgan fingerprint density at radius 2 is 1.94 bits per heavy atom. The highest BCUT2D eigenvalue weighted by molar-refractivity contribution is 5.81. The molecule has 1 saturated carbocycles. The first-order chi connectivity index (χ1) is 8.54. The largest absolute Gasteiger partial charge is 0.355 e. The Bertz CT molecular complexity index is 247. The molecule has 3 heteroatoms. The number of carbonyl (C=O) groups excluding carboxylic acids is 1. The van der Waals surface area contributed by atoms with Crippen molar-refractivity contribution in [3.05, 3.63) is 0 Å². The summed E-state index contributed by atoms with van der Waals surface area (Å²) in [5.41, 5.74) is 5.90. The summed E-state index contributed by atoms with van der Waals surface area (Å²) in [5.74, 6) is 1.99. The van der Waals surface area contributed by atoms with Crippen molar-refractivity contribution in [2.24, 2.45) is 23.5 Å². The van der Waals surface area contributed by atoms with Crippen LogP contribution in [0.25, 0.3) is 0 Å². The lowest BCUT2D eigenvalue weighted by molar-refractivity contribution is -0.123. The Labute approximate surface area is 112 Å². The van der Waals surface area contributed by atoms with E-state index in [1.165, 1.54) is 25.7 Å². The molecule has 0 aromatic heterocycles. The van der Waals surface area contributed by atoms with E-state index < -0.39 is 0 Å². The van der Waals surface area contributed by atoms with Crippen molar-refractivity contribution in [3.63, 3.8) is 0 Å². The third-order valence-corrected chi connectivity index (χ3v) is 4.55. The molecule has 0 heterocycles. The molecule has 3 nitrogen and oxygen atoms in total. The standard InChI is InChI=1S/C15H30N2O/c1-4-12(3)14(16)15(18)17-10-9-13-7-5-11(2)6-8-13/h11-14H,4-10,16H2,1-3H3,(H,17,18)/t11?,12?,13?,14-/m0/s1. The molecule has 1 aliphatic carbocycles. The summed E-state index contributed by atoms with van der Waals surface area (Å²) >= 11 is 0. The molecule has 1 aliphatic rings. The Morgan fingerprint density at radius 1 is 1.33 bits per heavy atom. The normalized spacial score (nSPS) is 27.6. The second kappa shape index (κ2) is 7.78. The summed E-state index contributed by atoms with van der Waals surface area (Å²) in [6.07, 6.45) is 7.43. The van der Waals surface area contributed by atoms with Crippen LogP contribution in [0, 0.1) is 17.8 Å². The SMILES string of the molecule is CCC(C)[C@H](N)C(=O)NCCC1CCC(C)CC1. The summed E-state index contributed by atoms with van der Waals surface area (Å²) < 4.78 is 0. The van der Waals surface area contributed by atoms with Crippen molar-refractivity contribution >= 4 is 5.91 Å². The lowest BCUT2D eigenvalue weighted by Gasteiger charge is -2.26. The molecule has 3 N–H and O–H groups in total. The molecule has 0 spiro atoms. The van der Waals surface area contributed by atoms with Crippen LogP contribution >= 0.6 is 0 Å². The van der Waals surface area contributed by atoms with E-state index in [4.69, 9.17) is 5.73 Å². The van der Waals surface area contributed by atoms with E-state index in [0.717, 1.165) is 31.2 Å². The van der Waals surface area contributed by atoms with E-state index in [1.54, 1.807) is 0 Å². The first kappa shape index (κ1) is 15.5. The van der Waals surface area contributed by atoms with Gasteiger partial charge in [0.2, 0.25) is 5.91 Å². The van der Waals surface area contributed by atoms with Crippen LogP contribution in [0.1, 0.15) is 59.3 Å². The fraction of sp³-hybridized carbons (Fsp3) is 0.933. The van der Waals surface area contributed by atoms with Gasteiger partial charge in [-0.05, 0) is 24.2 Å². The van der Waals surface area contributed by atoms with E-state index in [0.29, 0.717) is 0 Å². The lowest BCUT2D eigenvalue weighted by atomic mass is 9.81. The van der Waals surface area contributed by atoms with Gasteiger partial charge in [-0.2, -0.15) is 0 Å². The van der Waals surface area contributed by atoms with E-state index in [1.807, 2.05) is 6.92 Å². The van der Waals surface area contributed by atoms with Crippen LogP contribution in [0.5, 0.6) is 0 Å². The molecule has 1 rings (SSSR count). The first-order valence-corrected chi connectivity index (χ1v) is 7.57. The van der Waals surface area contributed by atoms with Crippen molar-refractivity contribution in [1.82, 2.24) is 5.32 Å². The van der Waals surface area contributed by atoms with Gasteiger partial charge in [-0.1, -0.05) is 52.9 Å². The zero-order chi connectivity index (χ0) is 13.5. The maximum absolute atomic E-state index is 11.8. The molecule has 106 valence electrons. The zero-order valence-electron chi connectivity index (χ0n) is 12.2. The Hall–Kier alpha value is -0.570. The lowest BCUT2D eigenvalue weighted by Crippen LogP contribution is -2.45. The van der Waals surface area contributed by atoms with E-state index in [-0.39, 0.29) is 17.9 Å². The van der Waals surface area contributed by atoms with Crippen molar-refractivity contribution in [2.45, 2.75) is 65.3 Å². The summed E-state index contributed by atoms with van der Waals surface area (Å²) in [6, 6.07) is -0.346. The van der Waals surface area contributed by atoms with E-state index in [2.05, 4.69) is 19.2 Å². The molecule has 1 unspecified atom stereocenters. The number of nitrogens with one attached hydrogen (secondary N) is 1. The van der Waals surface area contributed by atoms with Crippen molar-refractivity contribution < 1.29 is 4.79 Å². The molecule has 2 atom stereocenters. The van der Waals surface area contributed by atoms with Crippen LogP contribution in [0.2, 0.25) is 0 Å².